The van der Waals surface area contributed by atoms with E-state index < -0.39 is 31.1 Å². The third-order valence-electron chi connectivity index (χ3n) is 3.71. The summed E-state index contributed by atoms with van der Waals surface area (Å²) in [5.74, 6) is 0. The Morgan fingerprint density at radius 1 is 1.38 bits per heavy atom. The Labute approximate surface area is 119 Å². The van der Waals surface area contributed by atoms with E-state index in [1.165, 1.54) is 17.1 Å². The van der Waals surface area contributed by atoms with Gasteiger partial charge in [0.15, 0.2) is 6.23 Å². The molecule has 0 aliphatic carbocycles. The molecule has 0 amide bonds. The minimum absolute atomic E-state index is 0.362. The van der Waals surface area contributed by atoms with E-state index in [0.717, 1.165) is 0 Å². The number of nitriles is 1. The van der Waals surface area contributed by atoms with Crippen molar-refractivity contribution in [2.45, 2.75) is 31.5 Å². The fourth-order valence-corrected chi connectivity index (χ4v) is 2.63. The third-order valence-corrected chi connectivity index (χ3v) is 3.71. The Kier molecular flexibility index (Phi) is 3.35. The number of hydrogen-bond acceptors (Lipinski definition) is 7. The first-order chi connectivity index (χ1) is 10.1. The molecule has 3 heterocycles. The van der Waals surface area contributed by atoms with E-state index in [2.05, 4.69) is 16.0 Å². The molecule has 0 radical (unpaired) electrons. The minimum atomic E-state index is -1.22. The average molecular weight is 290 g/mol. The quantitative estimate of drug-likeness (QED) is 0.662. The fraction of sp³-hybridized carbons (Fsp3) is 0.462. The van der Waals surface area contributed by atoms with Crippen molar-refractivity contribution in [1.29, 1.82) is 5.26 Å². The predicted octanol–water partition coefficient (Wildman–Crippen LogP) is -0.777. The van der Waals surface area contributed by atoms with Gasteiger partial charge in [-0.25, -0.2) is 9.97 Å². The summed E-state index contributed by atoms with van der Waals surface area (Å²) in [4.78, 5) is 8.18. The highest BCUT2D eigenvalue weighted by Gasteiger charge is 2.44. The molecule has 2 aromatic rings. The zero-order chi connectivity index (χ0) is 15.1. The Balaban J connectivity index is 2.14. The molecule has 1 saturated heterocycles. The van der Waals surface area contributed by atoms with Crippen molar-refractivity contribution in [3.63, 3.8) is 0 Å². The van der Waals surface area contributed by atoms with E-state index in [1.54, 1.807) is 6.92 Å². The number of aliphatic hydroxyl groups is 3. The average Bonchev–Trinajstić information content (AvgIpc) is 2.99. The lowest BCUT2D eigenvalue weighted by Crippen LogP contribution is -2.33. The maximum Gasteiger partial charge on any atom is 0.164 e. The van der Waals surface area contributed by atoms with Crippen molar-refractivity contribution >= 4 is 11.0 Å². The molecule has 110 valence electrons. The normalized spacial score (nSPS) is 28.9. The number of nitrogens with zero attached hydrogens (tertiary/aromatic N) is 4. The van der Waals surface area contributed by atoms with E-state index in [4.69, 9.17) is 9.84 Å². The van der Waals surface area contributed by atoms with E-state index in [1.807, 2.05) is 0 Å². The smallest absolute Gasteiger partial charge is 0.164 e. The predicted molar refractivity (Wildman–Crippen MR) is 70.0 cm³/mol. The van der Waals surface area contributed by atoms with Gasteiger partial charge < -0.3 is 24.6 Å². The summed E-state index contributed by atoms with van der Waals surface area (Å²) in [7, 11) is 0. The van der Waals surface area contributed by atoms with Crippen LogP contribution in [0, 0.1) is 18.3 Å². The summed E-state index contributed by atoms with van der Waals surface area (Å²) in [6, 6.07) is 2.06. The Morgan fingerprint density at radius 2 is 2.14 bits per heavy atom. The SMILES string of the molecule is Cc1ncnc2c1c(C#N)cn2[C@@H]1O[C@H](CO)[C@@H](O)[C@H]1O. The second-order valence-corrected chi connectivity index (χ2v) is 4.95. The molecule has 0 spiro atoms. The Bertz CT molecular complexity index is 723. The van der Waals surface area contributed by atoms with Crippen molar-refractivity contribution in [3.05, 3.63) is 23.8 Å². The van der Waals surface area contributed by atoms with Crippen LogP contribution in [0.25, 0.3) is 11.0 Å². The molecule has 3 rings (SSSR count). The van der Waals surface area contributed by atoms with Crippen molar-refractivity contribution in [2.75, 3.05) is 6.61 Å². The first kappa shape index (κ1) is 13.9. The van der Waals surface area contributed by atoms with E-state index >= 15 is 0 Å². The minimum Gasteiger partial charge on any atom is -0.394 e. The topological polar surface area (TPSA) is 124 Å². The lowest BCUT2D eigenvalue weighted by molar-refractivity contribution is -0.0508. The number of aliphatic hydroxyl groups excluding tert-OH is 3. The van der Waals surface area contributed by atoms with Gasteiger partial charge in [-0.05, 0) is 6.92 Å². The second kappa shape index (κ2) is 5.05. The number of hydrogen-bond donors (Lipinski definition) is 3. The van der Waals surface area contributed by atoms with Crippen LogP contribution in [0.15, 0.2) is 12.5 Å². The summed E-state index contributed by atoms with van der Waals surface area (Å²) in [6.07, 6.45) is -1.36. The molecular formula is C13H14N4O4. The van der Waals surface area contributed by atoms with Crippen LogP contribution >= 0.6 is 0 Å². The van der Waals surface area contributed by atoms with Crippen LogP contribution in [0.4, 0.5) is 0 Å². The zero-order valence-corrected chi connectivity index (χ0v) is 11.2. The molecule has 0 unspecified atom stereocenters. The van der Waals surface area contributed by atoms with E-state index in [9.17, 15) is 15.5 Å². The fourth-order valence-electron chi connectivity index (χ4n) is 2.63. The molecule has 2 aromatic heterocycles. The van der Waals surface area contributed by atoms with Crippen molar-refractivity contribution in [1.82, 2.24) is 14.5 Å². The van der Waals surface area contributed by atoms with Gasteiger partial charge >= 0.3 is 0 Å². The van der Waals surface area contributed by atoms with Crippen LogP contribution in [0.3, 0.4) is 0 Å². The molecule has 0 bridgehead atoms. The van der Waals surface area contributed by atoms with Gasteiger partial charge in [0.25, 0.3) is 0 Å². The number of rotatable bonds is 2. The summed E-state index contributed by atoms with van der Waals surface area (Å²) in [5, 5.41) is 38.9. The number of aromatic nitrogens is 3. The molecule has 3 N–H and O–H groups in total. The molecule has 0 saturated carbocycles. The summed E-state index contributed by atoms with van der Waals surface area (Å²) in [5.41, 5.74) is 1.44. The zero-order valence-electron chi connectivity index (χ0n) is 11.2. The first-order valence-corrected chi connectivity index (χ1v) is 6.43. The molecule has 1 fully saturated rings. The highest BCUT2D eigenvalue weighted by Crippen LogP contribution is 2.33. The molecule has 0 aromatic carbocycles. The van der Waals surface area contributed by atoms with Gasteiger partial charge in [-0.2, -0.15) is 5.26 Å². The van der Waals surface area contributed by atoms with E-state index in [-0.39, 0.29) is 0 Å². The monoisotopic (exact) mass is 290 g/mol. The van der Waals surface area contributed by atoms with Crippen LogP contribution in [0.2, 0.25) is 0 Å². The highest BCUT2D eigenvalue weighted by atomic mass is 16.6. The van der Waals surface area contributed by atoms with Crippen LogP contribution in [-0.2, 0) is 4.74 Å². The largest absolute Gasteiger partial charge is 0.394 e. The maximum absolute atomic E-state index is 10.1. The highest BCUT2D eigenvalue weighted by molar-refractivity contribution is 5.85. The molecule has 8 nitrogen and oxygen atoms in total. The Morgan fingerprint density at radius 3 is 2.76 bits per heavy atom. The third kappa shape index (κ3) is 1.99. The number of aryl methyl sites for hydroxylation is 1. The molecule has 8 heteroatoms. The van der Waals surface area contributed by atoms with Crippen molar-refractivity contribution < 1.29 is 20.1 Å². The van der Waals surface area contributed by atoms with Crippen LogP contribution < -0.4 is 0 Å². The van der Waals surface area contributed by atoms with Gasteiger partial charge in [-0.1, -0.05) is 0 Å². The van der Waals surface area contributed by atoms with Gasteiger partial charge in [-0.3, -0.25) is 0 Å². The lowest BCUT2D eigenvalue weighted by Gasteiger charge is -2.17. The van der Waals surface area contributed by atoms with Crippen LogP contribution in [0.1, 0.15) is 17.5 Å². The van der Waals surface area contributed by atoms with Gasteiger partial charge in [0, 0.05) is 6.20 Å². The van der Waals surface area contributed by atoms with Gasteiger partial charge in [0.2, 0.25) is 0 Å². The number of fused-ring (bicyclic) bond motifs is 1. The molecule has 21 heavy (non-hydrogen) atoms. The van der Waals surface area contributed by atoms with Gasteiger partial charge in [0.05, 0.1) is 23.3 Å². The van der Waals surface area contributed by atoms with Crippen molar-refractivity contribution in [2.24, 2.45) is 0 Å². The molecule has 4 atom stereocenters. The lowest BCUT2D eigenvalue weighted by atomic mass is 10.1. The summed E-state index contributed by atoms with van der Waals surface area (Å²) >= 11 is 0. The molecule has 1 aliphatic rings. The van der Waals surface area contributed by atoms with Crippen LogP contribution in [-0.4, -0.2) is 54.8 Å². The van der Waals surface area contributed by atoms with E-state index in [0.29, 0.717) is 22.3 Å². The molecular weight excluding hydrogens is 276 g/mol. The maximum atomic E-state index is 10.1. The summed E-state index contributed by atoms with van der Waals surface area (Å²) in [6.45, 7) is 1.35. The Hall–Kier alpha value is -2.05. The summed E-state index contributed by atoms with van der Waals surface area (Å²) < 4.78 is 6.96. The molecule has 1 aliphatic heterocycles. The number of ether oxygens (including phenoxy) is 1. The van der Waals surface area contributed by atoms with Crippen LogP contribution in [0.5, 0.6) is 0 Å². The van der Waals surface area contributed by atoms with Gasteiger partial charge in [-0.15, -0.1) is 0 Å². The van der Waals surface area contributed by atoms with Crippen molar-refractivity contribution in [3.8, 4) is 6.07 Å². The van der Waals surface area contributed by atoms with Gasteiger partial charge in [0.1, 0.15) is 36.4 Å². The standard InChI is InChI=1S/C13H14N4O4/c1-6-9-7(2-14)3-17(12(9)16-5-15-6)13-11(20)10(19)8(4-18)21-13/h3,5,8,10-11,13,18-20H,4H2,1H3/t8-,10-,11-,13-/m1/s1. The first-order valence-electron chi connectivity index (χ1n) is 6.43. The second-order valence-electron chi connectivity index (χ2n) is 4.95.